The van der Waals surface area contributed by atoms with Gasteiger partial charge in [0.2, 0.25) is 5.91 Å². The van der Waals surface area contributed by atoms with Crippen molar-refractivity contribution in [3.05, 3.63) is 59.7 Å². The summed E-state index contributed by atoms with van der Waals surface area (Å²) in [5.41, 5.74) is 4.58. The predicted octanol–water partition coefficient (Wildman–Crippen LogP) is 4.16. The van der Waals surface area contributed by atoms with Crippen LogP contribution in [0.3, 0.4) is 0 Å². The van der Waals surface area contributed by atoms with Crippen LogP contribution in [0.4, 0.5) is 4.79 Å². The number of nitrogens with one attached hydrogen (secondary N) is 1. The number of carbonyl (C=O) groups is 3. The number of carboxylic acid groups (broad SMARTS) is 1. The van der Waals surface area contributed by atoms with Gasteiger partial charge in [0.15, 0.2) is 0 Å². The largest absolute Gasteiger partial charge is 0.481 e. The van der Waals surface area contributed by atoms with Crippen molar-refractivity contribution in [3.63, 3.8) is 0 Å². The number of fused-ring (bicyclic) bond motifs is 3. The van der Waals surface area contributed by atoms with Gasteiger partial charge in [-0.2, -0.15) is 0 Å². The minimum atomic E-state index is -0.863. The lowest BCUT2D eigenvalue weighted by atomic mass is 9.98. The molecule has 0 radical (unpaired) electrons. The van der Waals surface area contributed by atoms with Crippen molar-refractivity contribution in [2.45, 2.75) is 57.0 Å². The Morgan fingerprint density at radius 1 is 1.09 bits per heavy atom. The molecule has 2 aromatic carbocycles. The number of alkyl carbamates (subject to hydrolysis) is 1. The molecular weight excluding hydrogens is 420 g/mol. The highest BCUT2D eigenvalue weighted by molar-refractivity contribution is 5.86. The average molecular weight is 451 g/mol. The number of ether oxygens (including phenoxy) is 1. The Hall–Kier alpha value is -3.35. The molecule has 2 aromatic rings. The fourth-order valence-electron chi connectivity index (χ4n) is 5.04. The normalized spacial score (nSPS) is 17.8. The third-order valence-corrected chi connectivity index (χ3v) is 6.69. The standard InChI is InChI=1S/C26H30N2O5/c1-2-23(25(31)28-15-7-8-17(28)13-14-24(29)30)27-26(32)33-16-22-20-11-5-3-9-18(20)19-10-4-6-12-21(19)22/h3-6,9-12,17,22-23H,2,7-8,13-16H2,1H3,(H,27,32)(H,29,30). The number of likely N-dealkylation sites (tertiary alicyclic amines) is 1. The van der Waals surface area contributed by atoms with Crippen LogP contribution in [0.2, 0.25) is 0 Å². The Morgan fingerprint density at radius 3 is 2.33 bits per heavy atom. The molecule has 7 nitrogen and oxygen atoms in total. The maximum atomic E-state index is 13.1. The monoisotopic (exact) mass is 450 g/mol. The molecule has 0 aromatic heterocycles. The maximum Gasteiger partial charge on any atom is 0.407 e. The molecule has 1 fully saturated rings. The van der Waals surface area contributed by atoms with E-state index in [1.165, 1.54) is 0 Å². The summed E-state index contributed by atoms with van der Waals surface area (Å²) < 4.78 is 5.59. The first-order valence-electron chi connectivity index (χ1n) is 11.6. The fraction of sp³-hybridized carbons (Fsp3) is 0.423. The molecular formula is C26H30N2O5. The van der Waals surface area contributed by atoms with Gasteiger partial charge in [0.25, 0.3) is 0 Å². The first-order chi connectivity index (χ1) is 16.0. The molecule has 2 atom stereocenters. The first-order valence-corrected chi connectivity index (χ1v) is 11.6. The van der Waals surface area contributed by atoms with Gasteiger partial charge in [-0.15, -0.1) is 0 Å². The Kier molecular flexibility index (Phi) is 6.96. The molecule has 1 aliphatic carbocycles. The summed E-state index contributed by atoms with van der Waals surface area (Å²) in [6.07, 6.45) is 1.93. The van der Waals surface area contributed by atoms with Gasteiger partial charge in [-0.3, -0.25) is 9.59 Å². The molecule has 2 N–H and O–H groups in total. The Labute approximate surface area is 193 Å². The number of hydrogen-bond donors (Lipinski definition) is 2. The molecule has 4 rings (SSSR count). The van der Waals surface area contributed by atoms with E-state index in [2.05, 4.69) is 29.6 Å². The summed E-state index contributed by atoms with van der Waals surface area (Å²) in [5.74, 6) is -1.07. The van der Waals surface area contributed by atoms with E-state index in [1.54, 1.807) is 4.90 Å². The molecule has 0 saturated carbocycles. The van der Waals surface area contributed by atoms with Crippen molar-refractivity contribution in [2.75, 3.05) is 13.2 Å². The van der Waals surface area contributed by atoms with Crippen molar-refractivity contribution < 1.29 is 24.2 Å². The van der Waals surface area contributed by atoms with Crippen molar-refractivity contribution >= 4 is 18.0 Å². The minimum absolute atomic E-state index is 0.0328. The Morgan fingerprint density at radius 2 is 1.73 bits per heavy atom. The van der Waals surface area contributed by atoms with E-state index in [1.807, 2.05) is 31.2 Å². The highest BCUT2D eigenvalue weighted by Gasteiger charge is 2.34. The predicted molar refractivity (Wildman–Crippen MR) is 124 cm³/mol. The van der Waals surface area contributed by atoms with Gasteiger partial charge in [0.1, 0.15) is 12.6 Å². The lowest BCUT2D eigenvalue weighted by molar-refractivity contribution is -0.139. The topological polar surface area (TPSA) is 95.9 Å². The third kappa shape index (κ3) is 4.87. The zero-order chi connectivity index (χ0) is 23.4. The lowest BCUT2D eigenvalue weighted by Crippen LogP contribution is -2.50. The molecule has 2 aliphatic rings. The van der Waals surface area contributed by atoms with Crippen LogP contribution in [-0.2, 0) is 14.3 Å². The molecule has 2 unspecified atom stereocenters. The zero-order valence-electron chi connectivity index (χ0n) is 18.8. The van der Waals surface area contributed by atoms with Gasteiger partial charge >= 0.3 is 12.1 Å². The quantitative estimate of drug-likeness (QED) is 0.630. The van der Waals surface area contributed by atoms with Crippen molar-refractivity contribution in [1.82, 2.24) is 10.2 Å². The fourth-order valence-corrected chi connectivity index (χ4v) is 5.04. The number of carbonyl (C=O) groups excluding carboxylic acids is 2. The SMILES string of the molecule is CCC(NC(=O)OCC1c2ccccc2-c2ccccc21)C(=O)N1CCCC1CCC(=O)O. The summed E-state index contributed by atoms with van der Waals surface area (Å²) in [6.45, 7) is 2.62. The highest BCUT2D eigenvalue weighted by Crippen LogP contribution is 2.44. The van der Waals surface area contributed by atoms with Crippen molar-refractivity contribution in [2.24, 2.45) is 0 Å². The van der Waals surface area contributed by atoms with E-state index >= 15 is 0 Å². The lowest BCUT2D eigenvalue weighted by Gasteiger charge is -2.28. The van der Waals surface area contributed by atoms with E-state index < -0.39 is 18.1 Å². The second kappa shape index (κ2) is 10.1. The Balaban J connectivity index is 1.37. The van der Waals surface area contributed by atoms with Gasteiger partial charge in [-0.25, -0.2) is 4.79 Å². The van der Waals surface area contributed by atoms with Crippen molar-refractivity contribution in [1.29, 1.82) is 0 Å². The molecule has 1 heterocycles. The van der Waals surface area contributed by atoms with Crippen LogP contribution in [0.25, 0.3) is 11.1 Å². The maximum absolute atomic E-state index is 13.1. The smallest absolute Gasteiger partial charge is 0.407 e. The van der Waals surface area contributed by atoms with Crippen LogP contribution in [0.5, 0.6) is 0 Å². The number of amides is 2. The average Bonchev–Trinajstić information content (AvgIpc) is 3.42. The van der Waals surface area contributed by atoms with Crippen LogP contribution in [0.15, 0.2) is 48.5 Å². The van der Waals surface area contributed by atoms with Crippen molar-refractivity contribution in [3.8, 4) is 11.1 Å². The van der Waals surface area contributed by atoms with E-state index in [4.69, 9.17) is 9.84 Å². The molecule has 1 aliphatic heterocycles. The summed E-state index contributed by atoms with van der Waals surface area (Å²) in [6, 6.07) is 15.5. The Bertz CT molecular complexity index is 991. The second-order valence-electron chi connectivity index (χ2n) is 8.69. The highest BCUT2D eigenvalue weighted by atomic mass is 16.5. The second-order valence-corrected chi connectivity index (χ2v) is 8.69. The molecule has 1 saturated heterocycles. The van der Waals surface area contributed by atoms with Crippen LogP contribution in [-0.4, -0.2) is 53.2 Å². The van der Waals surface area contributed by atoms with Crippen LogP contribution < -0.4 is 5.32 Å². The van der Waals surface area contributed by atoms with Crippen LogP contribution >= 0.6 is 0 Å². The van der Waals surface area contributed by atoms with E-state index in [9.17, 15) is 14.4 Å². The molecule has 0 spiro atoms. The number of rotatable bonds is 8. The first kappa shape index (κ1) is 22.8. The molecule has 0 bridgehead atoms. The zero-order valence-corrected chi connectivity index (χ0v) is 18.8. The summed E-state index contributed by atoms with van der Waals surface area (Å²) in [5, 5.41) is 11.7. The number of carboxylic acids is 1. The summed E-state index contributed by atoms with van der Waals surface area (Å²) in [4.78, 5) is 38.3. The molecule has 7 heteroatoms. The van der Waals surface area contributed by atoms with Crippen LogP contribution in [0.1, 0.15) is 56.1 Å². The number of hydrogen-bond acceptors (Lipinski definition) is 4. The van der Waals surface area contributed by atoms with Crippen LogP contribution in [0, 0.1) is 0 Å². The van der Waals surface area contributed by atoms with Gasteiger partial charge in [-0.05, 0) is 47.9 Å². The summed E-state index contributed by atoms with van der Waals surface area (Å²) in [7, 11) is 0. The number of aliphatic carboxylic acids is 1. The van der Waals surface area contributed by atoms with Gasteiger partial charge in [-0.1, -0.05) is 55.5 Å². The minimum Gasteiger partial charge on any atom is -0.481 e. The summed E-state index contributed by atoms with van der Waals surface area (Å²) >= 11 is 0. The molecule has 33 heavy (non-hydrogen) atoms. The van der Waals surface area contributed by atoms with Gasteiger partial charge < -0.3 is 20.1 Å². The van der Waals surface area contributed by atoms with E-state index in [0.717, 1.165) is 35.1 Å². The third-order valence-electron chi connectivity index (χ3n) is 6.69. The molecule has 174 valence electrons. The van der Waals surface area contributed by atoms with E-state index in [0.29, 0.717) is 19.4 Å². The van der Waals surface area contributed by atoms with Gasteiger partial charge in [0.05, 0.1) is 0 Å². The van der Waals surface area contributed by atoms with Gasteiger partial charge in [0, 0.05) is 24.9 Å². The van der Waals surface area contributed by atoms with E-state index in [-0.39, 0.29) is 30.9 Å². The molecule has 2 amide bonds. The number of benzene rings is 2. The number of nitrogens with zero attached hydrogens (tertiary/aromatic N) is 1.